The van der Waals surface area contributed by atoms with Gasteiger partial charge in [-0.25, -0.2) is 14.4 Å². The Morgan fingerprint density at radius 1 is 0.975 bits per heavy atom. The minimum absolute atomic E-state index is 0.000405. The lowest BCUT2D eigenvalue weighted by atomic mass is 9.50. The Morgan fingerprint density at radius 2 is 1.70 bits per heavy atom. The molecule has 0 unspecified atom stereocenters. The third kappa shape index (κ3) is 4.03. The van der Waals surface area contributed by atoms with E-state index in [9.17, 15) is 19.2 Å². The molecule has 2 spiro atoms. The van der Waals surface area contributed by atoms with Gasteiger partial charge in [0, 0.05) is 36.8 Å². The standard InChI is InChI=1S/C29H36O11/c1-16-9-12-34-20(31)7-5-6-8-21(32)38-18-13-19-29(15-36-29)27(18,4)28(14-35-25(33)22(16)37-17(2)30)11-10-26(3)23(40-26)24(28)39-19/h5-8,16,18-19,22-24H,9-15H2,1-4H3/b7-5-,8-6+/t16-,18-,19-,22-,23-,24+,26-,27+,28+,29-/m1/s1. The van der Waals surface area contributed by atoms with Crippen LogP contribution in [-0.2, 0) is 52.3 Å². The quantitative estimate of drug-likeness (QED) is 0.264. The van der Waals surface area contributed by atoms with Crippen LogP contribution in [0.15, 0.2) is 24.3 Å². The number of carbonyl (C=O) groups excluding carboxylic acids is 4. The Balaban J connectivity index is 1.38. The molecule has 0 radical (unpaired) electrons. The maximum absolute atomic E-state index is 13.5. The molecule has 11 nitrogen and oxygen atoms in total. The summed E-state index contributed by atoms with van der Waals surface area (Å²) in [5, 5.41) is 0. The van der Waals surface area contributed by atoms with E-state index < -0.39 is 64.5 Å². The van der Waals surface area contributed by atoms with Crippen LogP contribution in [0.3, 0.4) is 0 Å². The van der Waals surface area contributed by atoms with E-state index in [0.29, 0.717) is 25.9 Å². The topological polar surface area (TPSA) is 139 Å². The molecule has 2 bridgehead atoms. The van der Waals surface area contributed by atoms with Crippen molar-refractivity contribution in [3.8, 4) is 0 Å². The predicted octanol–water partition coefficient (Wildman–Crippen LogP) is 1.95. The highest BCUT2D eigenvalue weighted by Gasteiger charge is 2.86. The number of epoxide rings is 2. The molecule has 2 saturated carbocycles. The van der Waals surface area contributed by atoms with Crippen molar-refractivity contribution in [3.05, 3.63) is 24.3 Å². The molecule has 5 fully saturated rings. The molecule has 4 heterocycles. The summed E-state index contributed by atoms with van der Waals surface area (Å²) in [6.45, 7) is 7.47. The molecule has 0 aromatic carbocycles. The molecule has 6 rings (SSSR count). The largest absolute Gasteiger partial charge is 0.463 e. The number of hydrogen-bond acceptors (Lipinski definition) is 11. The molecule has 0 amide bonds. The molecule has 6 aliphatic rings. The summed E-state index contributed by atoms with van der Waals surface area (Å²) in [7, 11) is 0. The molecule has 10 atom stereocenters. The summed E-state index contributed by atoms with van der Waals surface area (Å²) in [5.74, 6) is -2.98. The third-order valence-corrected chi connectivity index (χ3v) is 10.3. The normalized spacial score (nSPS) is 49.6. The highest BCUT2D eigenvalue weighted by molar-refractivity contribution is 5.84. The van der Waals surface area contributed by atoms with Crippen LogP contribution in [0.4, 0.5) is 0 Å². The van der Waals surface area contributed by atoms with Gasteiger partial charge in [0.15, 0.2) is 0 Å². The lowest BCUT2D eigenvalue weighted by Crippen LogP contribution is -2.69. The maximum Gasteiger partial charge on any atom is 0.347 e. The minimum atomic E-state index is -1.19. The van der Waals surface area contributed by atoms with Crippen LogP contribution < -0.4 is 0 Å². The SMILES string of the molecule is CC(=O)O[C@H]1C(=O)OC[C@@]23CC[C@@]4(C)O[C@@H]4[C@@H]2O[C@@H]2C[C@@H](OC(=O)/C=C/C=C\C(=O)OCC[C@H]1C)[C@]3(C)[C@@]21CO1. The van der Waals surface area contributed by atoms with Gasteiger partial charge in [-0.1, -0.05) is 26.0 Å². The first-order chi connectivity index (χ1) is 19.0. The van der Waals surface area contributed by atoms with Crippen LogP contribution in [0, 0.1) is 16.7 Å². The summed E-state index contributed by atoms with van der Waals surface area (Å²) >= 11 is 0. The van der Waals surface area contributed by atoms with Crippen molar-refractivity contribution >= 4 is 23.9 Å². The van der Waals surface area contributed by atoms with Gasteiger partial charge < -0.3 is 33.2 Å². The lowest BCUT2D eigenvalue weighted by molar-refractivity contribution is -0.253. The van der Waals surface area contributed by atoms with E-state index in [-0.39, 0.29) is 37.4 Å². The average Bonchev–Trinajstić information content (AvgIpc) is 3.81. The van der Waals surface area contributed by atoms with Crippen molar-refractivity contribution in [2.24, 2.45) is 16.7 Å². The molecule has 4 aliphatic heterocycles. The highest BCUT2D eigenvalue weighted by Crippen LogP contribution is 2.75. The Kier molecular flexibility index (Phi) is 6.43. The number of allylic oxidation sites excluding steroid dienone is 2. The molecule has 11 heteroatoms. The molecular formula is C29H36O11. The van der Waals surface area contributed by atoms with Gasteiger partial charge in [-0.05, 0) is 26.2 Å². The van der Waals surface area contributed by atoms with Crippen molar-refractivity contribution in [1.29, 1.82) is 0 Å². The fourth-order valence-corrected chi connectivity index (χ4v) is 7.69. The molecule has 0 aromatic rings. The van der Waals surface area contributed by atoms with Gasteiger partial charge in [0.25, 0.3) is 0 Å². The Morgan fingerprint density at radius 3 is 2.40 bits per heavy atom. The highest BCUT2D eigenvalue weighted by atomic mass is 16.7. The predicted molar refractivity (Wildman–Crippen MR) is 134 cm³/mol. The molecule has 2 aliphatic carbocycles. The van der Waals surface area contributed by atoms with Crippen LogP contribution in [0.5, 0.6) is 0 Å². The zero-order valence-corrected chi connectivity index (χ0v) is 23.2. The van der Waals surface area contributed by atoms with E-state index in [4.69, 9.17) is 33.2 Å². The molecule has 3 saturated heterocycles. The van der Waals surface area contributed by atoms with Crippen molar-refractivity contribution in [2.45, 2.75) is 95.1 Å². The van der Waals surface area contributed by atoms with Gasteiger partial charge in [0.05, 0.1) is 36.4 Å². The second kappa shape index (κ2) is 9.39. The van der Waals surface area contributed by atoms with E-state index in [0.717, 1.165) is 0 Å². The first kappa shape index (κ1) is 27.4. The van der Waals surface area contributed by atoms with Gasteiger partial charge >= 0.3 is 23.9 Å². The second-order valence-corrected chi connectivity index (χ2v) is 12.4. The van der Waals surface area contributed by atoms with Crippen molar-refractivity contribution in [2.75, 3.05) is 19.8 Å². The van der Waals surface area contributed by atoms with Crippen LogP contribution in [-0.4, -0.2) is 85.4 Å². The van der Waals surface area contributed by atoms with E-state index >= 15 is 0 Å². The summed E-state index contributed by atoms with van der Waals surface area (Å²) < 4.78 is 41.7. The van der Waals surface area contributed by atoms with Crippen LogP contribution in [0.2, 0.25) is 0 Å². The van der Waals surface area contributed by atoms with Gasteiger partial charge in [-0.2, -0.15) is 0 Å². The van der Waals surface area contributed by atoms with Crippen molar-refractivity contribution < 1.29 is 52.3 Å². The monoisotopic (exact) mass is 560 g/mol. The molecule has 40 heavy (non-hydrogen) atoms. The smallest absolute Gasteiger partial charge is 0.347 e. The fourth-order valence-electron chi connectivity index (χ4n) is 7.69. The van der Waals surface area contributed by atoms with E-state index in [2.05, 4.69) is 13.8 Å². The summed E-state index contributed by atoms with van der Waals surface area (Å²) in [5.41, 5.74) is -2.53. The minimum Gasteiger partial charge on any atom is -0.463 e. The molecule has 0 aromatic heterocycles. The van der Waals surface area contributed by atoms with Gasteiger partial charge in [0.1, 0.15) is 24.4 Å². The lowest BCUT2D eigenvalue weighted by Gasteiger charge is -2.58. The Hall–Kier alpha value is -2.76. The number of fused-ring (bicyclic) bond motifs is 2. The summed E-state index contributed by atoms with van der Waals surface area (Å²) in [6.07, 6.45) is 4.62. The van der Waals surface area contributed by atoms with Gasteiger partial charge in [0.2, 0.25) is 6.10 Å². The summed E-state index contributed by atoms with van der Waals surface area (Å²) in [4.78, 5) is 50.4. The van der Waals surface area contributed by atoms with Gasteiger partial charge in [-0.3, -0.25) is 4.79 Å². The third-order valence-electron chi connectivity index (χ3n) is 10.3. The zero-order chi connectivity index (χ0) is 28.5. The van der Waals surface area contributed by atoms with Crippen molar-refractivity contribution in [1.82, 2.24) is 0 Å². The molecule has 218 valence electrons. The maximum atomic E-state index is 13.5. The Bertz CT molecular complexity index is 1170. The fraction of sp³-hybridized carbons (Fsp3) is 0.724. The van der Waals surface area contributed by atoms with Crippen LogP contribution >= 0.6 is 0 Å². The number of ether oxygens (including phenoxy) is 7. The molecule has 0 N–H and O–H groups in total. The first-order valence-corrected chi connectivity index (χ1v) is 14.0. The van der Waals surface area contributed by atoms with Gasteiger partial charge in [-0.15, -0.1) is 0 Å². The second-order valence-electron chi connectivity index (χ2n) is 12.4. The van der Waals surface area contributed by atoms with E-state index in [1.54, 1.807) is 6.92 Å². The number of rotatable bonds is 1. The first-order valence-electron chi connectivity index (χ1n) is 14.0. The number of cyclic esters (lactones) is 2. The van der Waals surface area contributed by atoms with E-state index in [1.165, 1.54) is 31.2 Å². The summed E-state index contributed by atoms with van der Waals surface area (Å²) in [6, 6.07) is 0. The van der Waals surface area contributed by atoms with E-state index in [1.807, 2.05) is 0 Å². The number of carbonyl (C=O) groups is 4. The van der Waals surface area contributed by atoms with Crippen LogP contribution in [0.1, 0.15) is 53.4 Å². The molecular weight excluding hydrogens is 524 g/mol. The number of esters is 4. The van der Waals surface area contributed by atoms with Crippen molar-refractivity contribution in [3.63, 3.8) is 0 Å². The average molecular weight is 561 g/mol. The number of hydrogen-bond donors (Lipinski definition) is 0. The van der Waals surface area contributed by atoms with Crippen LogP contribution in [0.25, 0.3) is 0 Å². The zero-order valence-electron chi connectivity index (χ0n) is 23.2. The Labute approximate surface area is 232 Å².